The lowest BCUT2D eigenvalue weighted by Gasteiger charge is -2.60. The predicted molar refractivity (Wildman–Crippen MR) is 170 cm³/mol. The fourth-order valence-corrected chi connectivity index (χ4v) is 9.96. The number of halogens is 1. The summed E-state index contributed by atoms with van der Waals surface area (Å²) in [5.74, 6) is 0.363. The second-order valence-electron chi connectivity index (χ2n) is 14.4. The van der Waals surface area contributed by atoms with Crippen LogP contribution in [0.2, 0.25) is 0 Å². The zero-order valence-electron chi connectivity index (χ0n) is 25.7. The van der Waals surface area contributed by atoms with Gasteiger partial charge in [0.05, 0.1) is 23.7 Å². The van der Waals surface area contributed by atoms with Crippen molar-refractivity contribution >= 4 is 22.6 Å². The van der Waals surface area contributed by atoms with Crippen LogP contribution in [0.15, 0.2) is 78.5 Å². The van der Waals surface area contributed by atoms with Gasteiger partial charge in [0.15, 0.2) is 0 Å². The lowest BCUT2D eigenvalue weighted by atomic mass is 9.45. The van der Waals surface area contributed by atoms with Crippen molar-refractivity contribution in [3.8, 4) is 11.4 Å². The molecule has 5 unspecified atom stereocenters. The quantitative estimate of drug-likeness (QED) is 0.264. The van der Waals surface area contributed by atoms with E-state index < -0.39 is 17.1 Å². The van der Waals surface area contributed by atoms with E-state index in [1.165, 1.54) is 17.7 Å². The first-order chi connectivity index (χ1) is 21.6. The maximum atomic E-state index is 13.8. The smallest absolute Gasteiger partial charge is 0.202 e. The number of nitrogens with zero attached hydrogens (tertiary/aromatic N) is 2. The maximum absolute atomic E-state index is 13.8. The monoisotopic (exact) mass is 606 g/mol. The van der Waals surface area contributed by atoms with E-state index in [1.54, 1.807) is 12.1 Å². The van der Waals surface area contributed by atoms with Crippen molar-refractivity contribution in [3.63, 3.8) is 0 Å². The van der Waals surface area contributed by atoms with Crippen molar-refractivity contribution in [2.24, 2.45) is 28.6 Å². The molecule has 0 spiro atoms. The van der Waals surface area contributed by atoms with E-state index >= 15 is 0 Å². The molecule has 0 saturated heterocycles. The topological polar surface area (TPSA) is 84.6 Å². The molecule has 4 aliphatic carbocycles. The second-order valence-corrected chi connectivity index (χ2v) is 14.4. The van der Waals surface area contributed by atoms with Crippen LogP contribution in [-0.2, 0) is 11.2 Å². The number of allylic oxidation sites excluding steroid dienone is 1. The minimum Gasteiger partial charge on any atom is -0.486 e. The van der Waals surface area contributed by atoms with E-state index in [1.807, 2.05) is 60.3 Å². The summed E-state index contributed by atoms with van der Waals surface area (Å²) in [6.07, 6.45) is 7.57. The summed E-state index contributed by atoms with van der Waals surface area (Å²) in [4.78, 5) is 13.8. The zero-order chi connectivity index (χ0) is 31.1. The van der Waals surface area contributed by atoms with Gasteiger partial charge < -0.3 is 14.9 Å². The Morgan fingerprint density at radius 3 is 2.64 bits per heavy atom. The predicted octanol–water partition coefficient (Wildman–Crippen LogP) is 6.70. The van der Waals surface area contributed by atoms with Crippen LogP contribution in [0.3, 0.4) is 0 Å². The van der Waals surface area contributed by atoms with Crippen molar-refractivity contribution in [2.45, 2.75) is 64.1 Å². The molecule has 4 aliphatic rings. The molecule has 0 bridgehead atoms. The van der Waals surface area contributed by atoms with E-state index in [9.17, 15) is 19.4 Å². The van der Waals surface area contributed by atoms with E-state index in [2.05, 4.69) is 18.1 Å². The number of hydrogen-bond donors (Lipinski definition) is 2. The molecule has 7 atom stereocenters. The third-order valence-electron chi connectivity index (χ3n) is 12.2. The first-order valence-corrected chi connectivity index (χ1v) is 16.2. The first-order valence-electron chi connectivity index (χ1n) is 16.2. The lowest BCUT2D eigenvalue weighted by molar-refractivity contribution is -0.180. The van der Waals surface area contributed by atoms with Gasteiger partial charge in [-0.05, 0) is 121 Å². The molecule has 0 radical (unpaired) electrons. The molecule has 1 aromatic heterocycles. The Bertz CT molecular complexity index is 1850. The second kappa shape index (κ2) is 10.1. The van der Waals surface area contributed by atoms with Crippen LogP contribution in [0.4, 0.5) is 4.39 Å². The summed E-state index contributed by atoms with van der Waals surface area (Å²) in [6, 6.07) is 20.2. The molecule has 0 aliphatic heterocycles. The highest BCUT2D eigenvalue weighted by Gasteiger charge is 2.68. The van der Waals surface area contributed by atoms with Crippen LogP contribution in [0.25, 0.3) is 22.5 Å². The van der Waals surface area contributed by atoms with Gasteiger partial charge in [-0.3, -0.25) is 4.79 Å². The van der Waals surface area contributed by atoms with E-state index in [0.29, 0.717) is 18.6 Å². The Labute approximate surface area is 262 Å². The van der Waals surface area contributed by atoms with Crippen LogP contribution in [0.1, 0.15) is 57.2 Å². The number of ketones is 1. The number of benzene rings is 3. The minimum absolute atomic E-state index is 0.0178. The number of carbonyl (C=O) groups excluding carboxylic acids is 1. The number of aliphatic hydroxyl groups is 2. The number of aromatic nitrogens is 2. The lowest BCUT2D eigenvalue weighted by Crippen LogP contribution is -2.62. The molecule has 45 heavy (non-hydrogen) atoms. The highest BCUT2D eigenvalue weighted by molar-refractivity contribution is 5.90. The normalized spacial score (nSPS) is 33.5. The van der Waals surface area contributed by atoms with Crippen molar-refractivity contribution in [3.05, 3.63) is 95.6 Å². The number of Topliss-reactive ketones (excluding diaryl/α,β-unsaturated/α-hetero) is 1. The van der Waals surface area contributed by atoms with Crippen molar-refractivity contribution < 1.29 is 24.1 Å². The fourth-order valence-electron chi connectivity index (χ4n) is 9.96. The molecule has 2 N–H and O–H groups in total. The van der Waals surface area contributed by atoms with E-state index in [4.69, 9.17) is 4.74 Å². The van der Waals surface area contributed by atoms with E-state index in [-0.39, 0.29) is 41.4 Å². The summed E-state index contributed by atoms with van der Waals surface area (Å²) in [5.41, 5.74) is 1.74. The molecule has 8 rings (SSSR count). The van der Waals surface area contributed by atoms with Gasteiger partial charge >= 0.3 is 0 Å². The Morgan fingerprint density at radius 2 is 1.84 bits per heavy atom. The number of ether oxygens (including phenoxy) is 1. The molecular formula is C38H39FN2O4. The first kappa shape index (κ1) is 28.6. The molecule has 7 heteroatoms. The van der Waals surface area contributed by atoms with E-state index in [0.717, 1.165) is 53.4 Å². The molecule has 3 fully saturated rings. The number of carbonyl (C=O) groups is 1. The Morgan fingerprint density at radius 1 is 1.07 bits per heavy atom. The average Bonchev–Trinajstić information content (AvgIpc) is 3.55. The average molecular weight is 607 g/mol. The Balaban J connectivity index is 1.04. The molecule has 3 saturated carbocycles. The molecule has 1 heterocycles. The molecule has 0 amide bonds. The van der Waals surface area contributed by atoms with Crippen LogP contribution in [-0.4, -0.2) is 44.1 Å². The van der Waals surface area contributed by atoms with Crippen LogP contribution < -0.4 is 4.74 Å². The largest absolute Gasteiger partial charge is 0.486 e. The number of fused-ring (bicyclic) bond motifs is 7. The van der Waals surface area contributed by atoms with Gasteiger partial charge in [0.1, 0.15) is 23.8 Å². The SMILES string of the molecule is CC12Cc3cnn(-c4ccc(F)cc4)c3C=C1CCC1C2[C@@H](O)CC2(C)C1CC[C@]2(O)C(=O)COc1ccc2ccccc2c1. The van der Waals surface area contributed by atoms with Crippen LogP contribution >= 0.6 is 0 Å². The van der Waals surface area contributed by atoms with Gasteiger partial charge in [-0.2, -0.15) is 5.10 Å². The minimum atomic E-state index is -1.55. The van der Waals surface area contributed by atoms with Gasteiger partial charge in [-0.1, -0.05) is 49.8 Å². The van der Waals surface area contributed by atoms with Gasteiger partial charge in [0.25, 0.3) is 0 Å². The molecular weight excluding hydrogens is 567 g/mol. The Hall–Kier alpha value is -3.81. The zero-order valence-corrected chi connectivity index (χ0v) is 25.7. The number of hydrogen-bond acceptors (Lipinski definition) is 5. The molecule has 4 aromatic rings. The van der Waals surface area contributed by atoms with Crippen molar-refractivity contribution in [1.29, 1.82) is 0 Å². The summed E-state index contributed by atoms with van der Waals surface area (Å²) < 4.78 is 21.4. The molecule has 232 valence electrons. The number of aliphatic hydroxyl groups excluding tert-OH is 1. The molecule has 6 nitrogen and oxygen atoms in total. The maximum Gasteiger partial charge on any atom is 0.202 e. The van der Waals surface area contributed by atoms with Crippen LogP contribution in [0.5, 0.6) is 5.75 Å². The summed E-state index contributed by atoms with van der Waals surface area (Å²) >= 11 is 0. The van der Waals surface area contributed by atoms with Crippen molar-refractivity contribution in [1.82, 2.24) is 9.78 Å². The third-order valence-corrected chi connectivity index (χ3v) is 12.2. The summed E-state index contributed by atoms with van der Waals surface area (Å²) in [7, 11) is 0. The number of rotatable bonds is 5. The standard InChI is InChI=1S/C38H39FN2O4/c1-36-19-25-21-40-41(28-11-9-27(39)10-12-28)32(25)18-26(36)8-14-30-31-15-16-38(44,37(31,2)20-33(42)35(30)36)34(43)22-45-29-13-7-23-5-3-4-6-24(23)17-29/h3-7,9-13,17-18,21,30-31,33,35,42,44H,8,14-16,19-20,22H2,1-2H3/t30?,31?,33-,35?,36?,37?,38-/m0/s1. The summed E-state index contributed by atoms with van der Waals surface area (Å²) in [5, 5.41) is 30.9. The van der Waals surface area contributed by atoms with Gasteiger partial charge in [-0.15, -0.1) is 0 Å². The highest BCUT2D eigenvalue weighted by atomic mass is 19.1. The molecule has 3 aromatic carbocycles. The van der Waals surface area contributed by atoms with Gasteiger partial charge in [0, 0.05) is 5.41 Å². The highest BCUT2D eigenvalue weighted by Crippen LogP contribution is 2.67. The van der Waals surface area contributed by atoms with Crippen LogP contribution in [0, 0.1) is 34.4 Å². The fraction of sp³-hybridized carbons (Fsp3) is 0.421. The van der Waals surface area contributed by atoms with Gasteiger partial charge in [-0.25, -0.2) is 9.07 Å². The third kappa shape index (κ3) is 4.20. The van der Waals surface area contributed by atoms with Crippen molar-refractivity contribution in [2.75, 3.05) is 6.61 Å². The van der Waals surface area contributed by atoms with Gasteiger partial charge in [0.2, 0.25) is 5.78 Å². The Kier molecular flexibility index (Phi) is 6.43. The summed E-state index contributed by atoms with van der Waals surface area (Å²) in [6.45, 7) is 4.10.